The normalized spacial score (nSPS) is 9.88. The Morgan fingerprint density at radius 2 is 1.79 bits per heavy atom. The van der Waals surface area contributed by atoms with Crippen molar-refractivity contribution in [2.45, 2.75) is 0 Å². The first-order chi connectivity index (χ1) is 11.5. The highest BCUT2D eigenvalue weighted by Crippen LogP contribution is 2.13. The van der Waals surface area contributed by atoms with Crippen LogP contribution in [0.5, 0.6) is 0 Å². The summed E-state index contributed by atoms with van der Waals surface area (Å²) in [5.74, 6) is -1.14. The summed E-state index contributed by atoms with van der Waals surface area (Å²) in [6.45, 7) is -0.0726. The fraction of sp³-hybridized carbons (Fsp3) is 0.0667. The van der Waals surface area contributed by atoms with Gasteiger partial charge in [-0.05, 0) is 30.3 Å². The van der Waals surface area contributed by atoms with Gasteiger partial charge in [-0.3, -0.25) is 30.6 Å². The van der Waals surface area contributed by atoms with Crippen LogP contribution in [-0.4, -0.2) is 23.3 Å². The van der Waals surface area contributed by atoms with Crippen molar-refractivity contribution in [2.24, 2.45) is 0 Å². The first-order valence-electron chi connectivity index (χ1n) is 6.79. The zero-order chi connectivity index (χ0) is 17.5. The van der Waals surface area contributed by atoms with E-state index >= 15 is 0 Å². The monoisotopic (exact) mass is 348 g/mol. The number of benzene rings is 2. The van der Waals surface area contributed by atoms with Crippen molar-refractivity contribution >= 4 is 34.8 Å². The van der Waals surface area contributed by atoms with E-state index in [9.17, 15) is 19.7 Å². The smallest absolute Gasteiger partial charge is 0.270 e. The minimum absolute atomic E-state index is 0.0650. The molecule has 0 aliphatic carbocycles. The SMILES string of the molecule is O=C(CNc1ccc(Cl)cc1)NNC(=O)c1cccc([N+](=O)[O-])c1. The van der Waals surface area contributed by atoms with Crippen molar-refractivity contribution in [3.05, 3.63) is 69.2 Å². The van der Waals surface area contributed by atoms with E-state index in [2.05, 4.69) is 16.2 Å². The molecule has 3 N–H and O–H groups in total. The molecule has 2 aromatic carbocycles. The van der Waals surface area contributed by atoms with Gasteiger partial charge in [0.25, 0.3) is 17.5 Å². The Hall–Kier alpha value is -3.13. The zero-order valence-electron chi connectivity index (χ0n) is 12.3. The number of rotatable bonds is 5. The van der Waals surface area contributed by atoms with Gasteiger partial charge in [0.1, 0.15) is 0 Å². The first kappa shape index (κ1) is 17.2. The molecule has 0 atom stereocenters. The van der Waals surface area contributed by atoms with Crippen LogP contribution in [0.15, 0.2) is 48.5 Å². The van der Waals surface area contributed by atoms with Crippen molar-refractivity contribution in [3.8, 4) is 0 Å². The van der Waals surface area contributed by atoms with Crippen molar-refractivity contribution in [1.29, 1.82) is 0 Å². The molecule has 8 nitrogen and oxygen atoms in total. The number of nitro groups is 1. The molecule has 0 bridgehead atoms. The van der Waals surface area contributed by atoms with Crippen LogP contribution >= 0.6 is 11.6 Å². The maximum absolute atomic E-state index is 11.9. The number of carbonyl (C=O) groups is 2. The van der Waals surface area contributed by atoms with E-state index in [0.717, 1.165) is 6.07 Å². The molecule has 0 heterocycles. The van der Waals surface area contributed by atoms with Crippen molar-refractivity contribution in [1.82, 2.24) is 10.9 Å². The second-order valence-corrected chi connectivity index (χ2v) is 5.11. The van der Waals surface area contributed by atoms with Gasteiger partial charge in [-0.1, -0.05) is 17.7 Å². The van der Waals surface area contributed by atoms with E-state index in [4.69, 9.17) is 11.6 Å². The Balaban J connectivity index is 1.82. The molecule has 0 aliphatic rings. The van der Waals surface area contributed by atoms with E-state index in [1.807, 2.05) is 0 Å². The molecule has 9 heteroatoms. The van der Waals surface area contributed by atoms with Crippen LogP contribution in [0.2, 0.25) is 5.02 Å². The summed E-state index contributed by atoms with van der Waals surface area (Å²) >= 11 is 5.75. The highest BCUT2D eigenvalue weighted by molar-refractivity contribution is 6.30. The third kappa shape index (κ3) is 4.96. The Morgan fingerprint density at radius 3 is 2.46 bits per heavy atom. The number of amides is 2. The summed E-state index contributed by atoms with van der Waals surface area (Å²) in [4.78, 5) is 33.6. The largest absolute Gasteiger partial charge is 0.376 e. The molecular formula is C15H13ClN4O4. The van der Waals surface area contributed by atoms with E-state index in [0.29, 0.717) is 10.7 Å². The number of carbonyl (C=O) groups excluding carboxylic acids is 2. The maximum atomic E-state index is 11.9. The third-order valence-electron chi connectivity index (χ3n) is 2.93. The third-order valence-corrected chi connectivity index (χ3v) is 3.18. The van der Waals surface area contributed by atoms with Crippen LogP contribution < -0.4 is 16.2 Å². The molecular weight excluding hydrogens is 336 g/mol. The van der Waals surface area contributed by atoms with Gasteiger partial charge in [0, 0.05) is 28.4 Å². The Morgan fingerprint density at radius 1 is 1.08 bits per heavy atom. The molecule has 0 radical (unpaired) electrons. The lowest BCUT2D eigenvalue weighted by Gasteiger charge is -2.09. The van der Waals surface area contributed by atoms with Gasteiger partial charge in [-0.2, -0.15) is 0 Å². The molecule has 0 spiro atoms. The van der Waals surface area contributed by atoms with Crippen LogP contribution in [0, 0.1) is 10.1 Å². The number of nitro benzene ring substituents is 1. The average molecular weight is 349 g/mol. The predicted molar refractivity (Wildman–Crippen MR) is 88.6 cm³/mol. The topological polar surface area (TPSA) is 113 Å². The van der Waals surface area contributed by atoms with E-state index in [-0.39, 0.29) is 17.8 Å². The molecule has 124 valence electrons. The highest BCUT2D eigenvalue weighted by atomic mass is 35.5. The number of hydrazine groups is 1. The average Bonchev–Trinajstić information content (AvgIpc) is 2.59. The number of anilines is 1. The number of hydrogen-bond acceptors (Lipinski definition) is 5. The fourth-order valence-corrected chi connectivity index (χ4v) is 1.88. The summed E-state index contributed by atoms with van der Waals surface area (Å²) < 4.78 is 0. The molecule has 2 aromatic rings. The first-order valence-corrected chi connectivity index (χ1v) is 7.16. The standard InChI is InChI=1S/C15H13ClN4O4/c16-11-4-6-12(7-5-11)17-9-14(21)18-19-15(22)10-2-1-3-13(8-10)20(23)24/h1-8,17H,9H2,(H,18,21)(H,19,22). The van der Waals surface area contributed by atoms with E-state index in [1.54, 1.807) is 24.3 Å². The van der Waals surface area contributed by atoms with Gasteiger partial charge >= 0.3 is 0 Å². The van der Waals surface area contributed by atoms with Gasteiger partial charge in [0.15, 0.2) is 0 Å². The van der Waals surface area contributed by atoms with Crippen LogP contribution in [0.4, 0.5) is 11.4 Å². The molecule has 2 rings (SSSR count). The van der Waals surface area contributed by atoms with Gasteiger partial charge in [0.05, 0.1) is 11.5 Å². The fourth-order valence-electron chi connectivity index (χ4n) is 1.75. The van der Waals surface area contributed by atoms with Gasteiger partial charge < -0.3 is 5.32 Å². The van der Waals surface area contributed by atoms with Gasteiger partial charge in [-0.25, -0.2) is 0 Å². The maximum Gasteiger partial charge on any atom is 0.270 e. The lowest BCUT2D eigenvalue weighted by molar-refractivity contribution is -0.384. The van der Waals surface area contributed by atoms with Gasteiger partial charge in [0.2, 0.25) is 0 Å². The van der Waals surface area contributed by atoms with Crippen LogP contribution in [0.25, 0.3) is 0 Å². The number of halogens is 1. The van der Waals surface area contributed by atoms with Gasteiger partial charge in [-0.15, -0.1) is 0 Å². The second kappa shape index (κ2) is 7.93. The van der Waals surface area contributed by atoms with Crippen LogP contribution in [-0.2, 0) is 4.79 Å². The number of hydrogen-bond donors (Lipinski definition) is 3. The molecule has 24 heavy (non-hydrogen) atoms. The molecule has 2 amide bonds. The Bertz CT molecular complexity index is 764. The summed E-state index contributed by atoms with van der Waals surface area (Å²) in [5.41, 5.74) is 4.95. The zero-order valence-corrected chi connectivity index (χ0v) is 13.0. The lowest BCUT2D eigenvalue weighted by Crippen LogP contribution is -2.44. The number of nitrogens with zero attached hydrogens (tertiary/aromatic N) is 1. The summed E-state index contributed by atoms with van der Waals surface area (Å²) in [5, 5.41) is 14.1. The van der Waals surface area contributed by atoms with Crippen LogP contribution in [0.1, 0.15) is 10.4 Å². The summed E-state index contributed by atoms with van der Waals surface area (Å²) in [7, 11) is 0. The molecule has 0 saturated heterocycles. The van der Waals surface area contributed by atoms with Crippen LogP contribution in [0.3, 0.4) is 0 Å². The molecule has 0 saturated carbocycles. The predicted octanol–water partition coefficient (Wildman–Crippen LogP) is 2.12. The highest BCUT2D eigenvalue weighted by Gasteiger charge is 2.12. The molecule has 0 unspecified atom stereocenters. The number of nitrogens with one attached hydrogen (secondary N) is 3. The van der Waals surface area contributed by atoms with Crippen molar-refractivity contribution in [3.63, 3.8) is 0 Å². The molecule has 0 fully saturated rings. The second-order valence-electron chi connectivity index (χ2n) is 4.67. The molecule has 0 aromatic heterocycles. The van der Waals surface area contributed by atoms with Crippen molar-refractivity contribution < 1.29 is 14.5 Å². The van der Waals surface area contributed by atoms with Crippen molar-refractivity contribution in [2.75, 3.05) is 11.9 Å². The van der Waals surface area contributed by atoms with E-state index < -0.39 is 16.7 Å². The molecule has 0 aliphatic heterocycles. The minimum Gasteiger partial charge on any atom is -0.376 e. The summed E-state index contributed by atoms with van der Waals surface area (Å²) in [6.07, 6.45) is 0. The lowest BCUT2D eigenvalue weighted by atomic mass is 10.2. The minimum atomic E-state index is -0.654. The quantitative estimate of drug-likeness (QED) is 0.565. The Kier molecular flexibility index (Phi) is 5.69. The number of non-ortho nitro benzene ring substituents is 1. The Labute approximate surface area is 141 Å². The summed E-state index contributed by atoms with van der Waals surface area (Å²) in [6, 6.07) is 11.9. The van der Waals surface area contributed by atoms with E-state index in [1.165, 1.54) is 18.2 Å².